The molecule has 2 aromatic rings. The first-order valence-corrected chi connectivity index (χ1v) is 8.38. The van der Waals surface area contributed by atoms with Crippen LogP contribution in [0.3, 0.4) is 0 Å². The van der Waals surface area contributed by atoms with E-state index in [0.29, 0.717) is 12.5 Å². The van der Waals surface area contributed by atoms with E-state index >= 15 is 0 Å². The molecule has 0 heterocycles. The van der Waals surface area contributed by atoms with Crippen molar-refractivity contribution in [2.45, 2.75) is 33.6 Å². The van der Waals surface area contributed by atoms with Crippen molar-refractivity contribution in [2.75, 3.05) is 23.8 Å². The van der Waals surface area contributed by atoms with Gasteiger partial charge in [-0.3, -0.25) is 4.79 Å². The molecule has 0 bridgehead atoms. The third kappa shape index (κ3) is 4.51. The van der Waals surface area contributed by atoms with Crippen molar-refractivity contribution < 1.29 is 9.53 Å². The van der Waals surface area contributed by atoms with E-state index in [-0.39, 0.29) is 12.5 Å². The summed E-state index contributed by atoms with van der Waals surface area (Å²) in [5.74, 6) is 1.04. The van der Waals surface area contributed by atoms with E-state index in [9.17, 15) is 4.79 Å². The lowest BCUT2D eigenvalue weighted by Crippen LogP contribution is -2.23. The number of hydrogen-bond donors (Lipinski definition) is 2. The molecular formula is C20H26N2O2. The van der Waals surface area contributed by atoms with Gasteiger partial charge < -0.3 is 15.4 Å². The van der Waals surface area contributed by atoms with Gasteiger partial charge in [-0.05, 0) is 43.0 Å². The van der Waals surface area contributed by atoms with Gasteiger partial charge in [0, 0.05) is 5.69 Å². The number of amides is 1. The maximum atomic E-state index is 12.4. The predicted octanol–water partition coefficient (Wildman–Crippen LogP) is 4.57. The second-order valence-electron chi connectivity index (χ2n) is 6.02. The molecule has 4 heteroatoms. The zero-order chi connectivity index (χ0) is 17.5. The molecule has 0 fully saturated rings. The summed E-state index contributed by atoms with van der Waals surface area (Å²) in [6.07, 6.45) is 0. The molecule has 0 atom stereocenters. The Hall–Kier alpha value is -2.49. The lowest BCUT2D eigenvalue weighted by atomic mass is 9.98. The van der Waals surface area contributed by atoms with Gasteiger partial charge in [-0.25, -0.2) is 0 Å². The Morgan fingerprint density at radius 1 is 1.12 bits per heavy atom. The van der Waals surface area contributed by atoms with E-state index in [1.54, 1.807) is 0 Å². The first-order valence-electron chi connectivity index (χ1n) is 8.38. The summed E-state index contributed by atoms with van der Waals surface area (Å²) < 4.78 is 5.56. The van der Waals surface area contributed by atoms with Crippen LogP contribution in [0.5, 0.6) is 5.75 Å². The molecule has 0 aromatic heterocycles. The van der Waals surface area contributed by atoms with Crippen LogP contribution in [0, 0.1) is 6.92 Å². The predicted molar refractivity (Wildman–Crippen MR) is 100.0 cm³/mol. The molecule has 128 valence electrons. The van der Waals surface area contributed by atoms with Crippen LogP contribution in [0.4, 0.5) is 11.4 Å². The van der Waals surface area contributed by atoms with E-state index in [2.05, 4.69) is 30.5 Å². The number of anilines is 2. The highest BCUT2D eigenvalue weighted by molar-refractivity contribution is 5.95. The van der Waals surface area contributed by atoms with Crippen LogP contribution in [0.15, 0.2) is 42.5 Å². The van der Waals surface area contributed by atoms with Crippen molar-refractivity contribution in [1.29, 1.82) is 0 Å². The van der Waals surface area contributed by atoms with Gasteiger partial charge in [0.15, 0.2) is 0 Å². The second-order valence-corrected chi connectivity index (χ2v) is 6.02. The van der Waals surface area contributed by atoms with Crippen LogP contribution in [0.2, 0.25) is 0 Å². The SMILES string of the molecule is CCOc1ccccc1NCC(=O)Nc1c(C)cccc1C(C)C. The molecular weight excluding hydrogens is 300 g/mol. The third-order valence-corrected chi connectivity index (χ3v) is 3.82. The van der Waals surface area contributed by atoms with E-state index in [1.807, 2.05) is 50.2 Å². The van der Waals surface area contributed by atoms with E-state index in [0.717, 1.165) is 28.3 Å². The van der Waals surface area contributed by atoms with E-state index in [4.69, 9.17) is 4.74 Å². The molecule has 0 spiro atoms. The average Bonchev–Trinajstić information content (AvgIpc) is 2.56. The topological polar surface area (TPSA) is 50.4 Å². The Labute approximate surface area is 144 Å². The first-order chi connectivity index (χ1) is 11.5. The molecule has 0 unspecified atom stereocenters. The average molecular weight is 326 g/mol. The molecule has 0 aliphatic carbocycles. The Bertz CT molecular complexity index is 696. The van der Waals surface area contributed by atoms with Crippen molar-refractivity contribution in [3.63, 3.8) is 0 Å². The maximum Gasteiger partial charge on any atom is 0.243 e. The van der Waals surface area contributed by atoms with Crippen LogP contribution in [0.1, 0.15) is 37.8 Å². The van der Waals surface area contributed by atoms with Gasteiger partial charge in [-0.2, -0.15) is 0 Å². The van der Waals surface area contributed by atoms with Gasteiger partial charge in [0.05, 0.1) is 18.8 Å². The molecule has 0 saturated heterocycles. The van der Waals surface area contributed by atoms with Gasteiger partial charge in [-0.15, -0.1) is 0 Å². The summed E-state index contributed by atoms with van der Waals surface area (Å²) in [6, 6.07) is 13.7. The summed E-state index contributed by atoms with van der Waals surface area (Å²) in [6.45, 7) is 8.98. The Morgan fingerprint density at radius 2 is 1.88 bits per heavy atom. The number of para-hydroxylation sites is 3. The highest BCUT2D eigenvalue weighted by atomic mass is 16.5. The quantitative estimate of drug-likeness (QED) is 0.784. The van der Waals surface area contributed by atoms with Gasteiger partial charge in [0.2, 0.25) is 5.91 Å². The Morgan fingerprint density at radius 3 is 2.58 bits per heavy atom. The van der Waals surface area contributed by atoms with Crippen LogP contribution in [-0.4, -0.2) is 19.1 Å². The highest BCUT2D eigenvalue weighted by Gasteiger charge is 2.12. The number of benzene rings is 2. The van der Waals surface area contributed by atoms with Crippen LogP contribution < -0.4 is 15.4 Å². The zero-order valence-electron chi connectivity index (χ0n) is 14.8. The lowest BCUT2D eigenvalue weighted by Gasteiger charge is -2.17. The molecule has 24 heavy (non-hydrogen) atoms. The summed E-state index contributed by atoms with van der Waals surface area (Å²) in [4.78, 5) is 12.4. The molecule has 2 aromatic carbocycles. The minimum atomic E-state index is -0.0718. The van der Waals surface area contributed by atoms with Gasteiger partial charge in [-0.1, -0.05) is 44.2 Å². The largest absolute Gasteiger partial charge is 0.492 e. The number of nitrogens with one attached hydrogen (secondary N) is 2. The fraction of sp³-hybridized carbons (Fsp3) is 0.350. The number of carbonyl (C=O) groups is 1. The molecule has 0 aliphatic heterocycles. The van der Waals surface area contributed by atoms with Crippen LogP contribution in [-0.2, 0) is 4.79 Å². The normalized spacial score (nSPS) is 10.5. The van der Waals surface area contributed by atoms with Gasteiger partial charge in [0.25, 0.3) is 0 Å². The molecule has 4 nitrogen and oxygen atoms in total. The number of carbonyl (C=O) groups excluding carboxylic acids is 1. The fourth-order valence-electron chi connectivity index (χ4n) is 2.60. The third-order valence-electron chi connectivity index (χ3n) is 3.82. The van der Waals surface area contributed by atoms with Crippen LogP contribution in [0.25, 0.3) is 0 Å². The van der Waals surface area contributed by atoms with Crippen molar-refractivity contribution in [1.82, 2.24) is 0 Å². The zero-order valence-corrected chi connectivity index (χ0v) is 14.8. The summed E-state index contributed by atoms with van der Waals surface area (Å²) in [5.41, 5.74) is 3.96. The molecule has 0 radical (unpaired) electrons. The molecule has 2 rings (SSSR count). The molecule has 0 saturated carbocycles. The van der Waals surface area contributed by atoms with Gasteiger partial charge in [0.1, 0.15) is 5.75 Å². The van der Waals surface area contributed by atoms with E-state index in [1.165, 1.54) is 0 Å². The standard InChI is InChI=1S/C20H26N2O2/c1-5-24-18-12-7-6-11-17(18)21-13-19(23)22-20-15(4)9-8-10-16(20)14(2)3/h6-12,14,21H,5,13H2,1-4H3,(H,22,23). The van der Waals surface area contributed by atoms with Gasteiger partial charge >= 0.3 is 0 Å². The molecule has 1 amide bonds. The van der Waals surface area contributed by atoms with Crippen LogP contribution >= 0.6 is 0 Å². The smallest absolute Gasteiger partial charge is 0.243 e. The summed E-state index contributed by atoms with van der Waals surface area (Å²) >= 11 is 0. The minimum absolute atomic E-state index is 0.0718. The Balaban J connectivity index is 2.05. The number of aryl methyl sites for hydroxylation is 1. The van der Waals surface area contributed by atoms with Crippen molar-refractivity contribution in [3.8, 4) is 5.75 Å². The summed E-state index contributed by atoms with van der Waals surface area (Å²) in [7, 11) is 0. The summed E-state index contributed by atoms with van der Waals surface area (Å²) in [5, 5.41) is 6.19. The fourth-order valence-corrected chi connectivity index (χ4v) is 2.60. The van der Waals surface area contributed by atoms with E-state index < -0.39 is 0 Å². The van der Waals surface area contributed by atoms with Crippen molar-refractivity contribution >= 4 is 17.3 Å². The minimum Gasteiger partial charge on any atom is -0.492 e. The molecule has 2 N–H and O–H groups in total. The monoisotopic (exact) mass is 326 g/mol. The number of hydrogen-bond acceptors (Lipinski definition) is 3. The number of ether oxygens (including phenoxy) is 1. The highest BCUT2D eigenvalue weighted by Crippen LogP contribution is 2.27. The maximum absolute atomic E-state index is 12.4. The molecule has 0 aliphatic rings. The Kier molecular flexibility index (Phi) is 6.24. The lowest BCUT2D eigenvalue weighted by molar-refractivity contribution is -0.114. The van der Waals surface area contributed by atoms with Crippen molar-refractivity contribution in [3.05, 3.63) is 53.6 Å². The number of rotatable bonds is 7. The first kappa shape index (κ1) is 17.9. The second kappa shape index (κ2) is 8.39. The van der Waals surface area contributed by atoms with Crippen molar-refractivity contribution in [2.24, 2.45) is 0 Å².